The molecule has 44 heavy (non-hydrogen) atoms. The Labute approximate surface area is 259 Å². The van der Waals surface area contributed by atoms with Gasteiger partial charge in [0.1, 0.15) is 17.2 Å². The molecule has 2 unspecified atom stereocenters. The molecule has 0 radical (unpaired) electrons. The summed E-state index contributed by atoms with van der Waals surface area (Å²) in [6, 6.07) is 5.27. The lowest BCUT2D eigenvalue weighted by atomic mass is 9.78. The molecule has 9 nitrogen and oxygen atoms in total. The maximum atomic E-state index is 14.7. The number of piperazine rings is 1. The Morgan fingerprint density at radius 2 is 1.73 bits per heavy atom. The molecule has 0 bridgehead atoms. The second-order valence-electron chi connectivity index (χ2n) is 13.8. The van der Waals surface area contributed by atoms with Gasteiger partial charge in [-0.25, -0.2) is 18.7 Å². The van der Waals surface area contributed by atoms with Crippen LogP contribution in [0.3, 0.4) is 0 Å². The summed E-state index contributed by atoms with van der Waals surface area (Å²) in [5, 5.41) is 10.2. The van der Waals surface area contributed by atoms with E-state index in [2.05, 4.69) is 49.3 Å². The number of benzene rings is 1. The van der Waals surface area contributed by atoms with Gasteiger partial charge in [0.05, 0.1) is 11.9 Å². The van der Waals surface area contributed by atoms with Crippen molar-refractivity contribution >= 4 is 28.7 Å². The fourth-order valence-electron chi connectivity index (χ4n) is 7.86. The van der Waals surface area contributed by atoms with Crippen LogP contribution in [-0.4, -0.2) is 87.2 Å². The highest BCUT2D eigenvalue weighted by Crippen LogP contribution is 2.36. The highest BCUT2D eigenvalue weighted by Gasteiger charge is 2.34. The summed E-state index contributed by atoms with van der Waals surface area (Å²) in [6.45, 7) is 8.94. The van der Waals surface area contributed by atoms with Crippen LogP contribution < -0.4 is 16.0 Å². The van der Waals surface area contributed by atoms with Gasteiger partial charge < -0.3 is 20.9 Å². The molecule has 3 aromatic rings. The molecule has 2 saturated heterocycles. The summed E-state index contributed by atoms with van der Waals surface area (Å²) in [7, 11) is 2.21. The van der Waals surface area contributed by atoms with Crippen LogP contribution in [-0.2, 0) is 6.54 Å². The third kappa shape index (κ3) is 6.70. The van der Waals surface area contributed by atoms with E-state index in [4.69, 9.17) is 9.97 Å². The fraction of sp³-hybridized carbons (Fsp3) is 0.667. The zero-order chi connectivity index (χ0) is 30.2. The molecule has 2 aliphatic carbocycles. The first-order valence-corrected chi connectivity index (χ1v) is 16.8. The van der Waals surface area contributed by atoms with Crippen molar-refractivity contribution in [1.29, 1.82) is 0 Å². The summed E-state index contributed by atoms with van der Waals surface area (Å²) in [5.74, 6) is 1.86. The minimum Gasteiger partial charge on any atom is -0.351 e. The molecule has 1 aromatic carbocycles. The number of hydrogen-bond acceptors (Lipinski definition) is 8. The van der Waals surface area contributed by atoms with Crippen LogP contribution in [0.25, 0.3) is 11.2 Å². The minimum atomic E-state index is -0.646. The molecule has 2 aromatic heterocycles. The van der Waals surface area contributed by atoms with Crippen molar-refractivity contribution < 1.29 is 8.78 Å². The number of nitrogens with zero attached hydrogens (tertiary/aromatic N) is 6. The van der Waals surface area contributed by atoms with Crippen molar-refractivity contribution in [2.24, 2.45) is 17.8 Å². The lowest BCUT2D eigenvalue weighted by Crippen LogP contribution is -2.50. The molecule has 11 heteroatoms. The highest BCUT2D eigenvalue weighted by atomic mass is 19.1. The molecule has 3 N–H and O–H groups in total. The monoisotopic (exact) mass is 607 g/mol. The number of rotatable bonds is 9. The van der Waals surface area contributed by atoms with Crippen molar-refractivity contribution in [3.63, 3.8) is 0 Å². The quantitative estimate of drug-likeness (QED) is 0.285. The van der Waals surface area contributed by atoms with Gasteiger partial charge in [-0.3, -0.25) is 9.47 Å². The van der Waals surface area contributed by atoms with E-state index in [1.165, 1.54) is 44.4 Å². The number of anilines is 3. The lowest BCUT2D eigenvalue weighted by molar-refractivity contribution is 0.0693. The van der Waals surface area contributed by atoms with E-state index in [0.717, 1.165) is 82.1 Å². The first kappa shape index (κ1) is 29.8. The average Bonchev–Trinajstić information content (AvgIpc) is 3.83. The van der Waals surface area contributed by atoms with Crippen LogP contribution in [0, 0.1) is 29.4 Å². The zero-order valence-electron chi connectivity index (χ0n) is 26.1. The second kappa shape index (κ2) is 12.8. The van der Waals surface area contributed by atoms with Crippen molar-refractivity contribution in [1.82, 2.24) is 34.6 Å². The molecule has 0 spiro atoms. The van der Waals surface area contributed by atoms with Gasteiger partial charge in [0.2, 0.25) is 11.9 Å². The summed E-state index contributed by atoms with van der Waals surface area (Å²) < 4.78 is 30.4. The normalized spacial score (nSPS) is 29.0. The van der Waals surface area contributed by atoms with E-state index in [0.29, 0.717) is 41.3 Å². The number of likely N-dealkylation sites (N-methyl/N-ethyl adjacent to an activating group) is 1. The predicted octanol–water partition coefficient (Wildman–Crippen LogP) is 5.23. The standard InChI is InChI=1S/C33H47F2N9/c1-21(43-15-13-42(2)14-16-43)23-5-3-22(4-6-23)20-44-31-30(40-33(44)39-28-12-9-25(34)17-27(28)35)19-37-32(41-31)38-26-10-7-24(8-11-26)29-18-36-29/h9,12,17,19,21-24,26,29,36H,3-8,10-11,13-16,18,20H2,1-2H3,(H,39,40)(H,37,38,41). The minimum absolute atomic E-state index is 0.195. The molecule has 238 valence electrons. The van der Waals surface area contributed by atoms with Crippen LogP contribution in [0.1, 0.15) is 58.3 Å². The van der Waals surface area contributed by atoms with Crippen LogP contribution in [0.2, 0.25) is 0 Å². The average molecular weight is 608 g/mol. The summed E-state index contributed by atoms with van der Waals surface area (Å²) in [6.07, 6.45) is 11.2. The van der Waals surface area contributed by atoms with Crippen LogP contribution in [0.4, 0.5) is 26.4 Å². The molecule has 2 aliphatic heterocycles. The number of nitrogens with one attached hydrogen (secondary N) is 3. The van der Waals surface area contributed by atoms with Crippen molar-refractivity contribution in [3.8, 4) is 0 Å². The second-order valence-corrected chi connectivity index (χ2v) is 13.8. The van der Waals surface area contributed by atoms with E-state index in [1.54, 1.807) is 6.20 Å². The molecule has 7 rings (SSSR count). The highest BCUT2D eigenvalue weighted by molar-refractivity contribution is 5.76. The van der Waals surface area contributed by atoms with E-state index in [9.17, 15) is 8.78 Å². The molecule has 0 amide bonds. The Bertz CT molecular complexity index is 1420. The van der Waals surface area contributed by atoms with Crippen LogP contribution in [0.5, 0.6) is 0 Å². The first-order chi connectivity index (χ1) is 21.4. The van der Waals surface area contributed by atoms with Crippen molar-refractivity contribution in [3.05, 3.63) is 36.0 Å². The fourth-order valence-corrected chi connectivity index (χ4v) is 7.86. The van der Waals surface area contributed by atoms with Crippen molar-refractivity contribution in [2.75, 3.05) is 50.4 Å². The summed E-state index contributed by atoms with van der Waals surface area (Å²) in [5.41, 5.74) is 1.61. The Balaban J connectivity index is 1.07. The molecule has 4 aliphatic rings. The van der Waals surface area contributed by atoms with Gasteiger partial charge in [0.25, 0.3) is 0 Å². The van der Waals surface area contributed by atoms with Gasteiger partial charge in [0.15, 0.2) is 5.65 Å². The van der Waals surface area contributed by atoms with Gasteiger partial charge in [-0.1, -0.05) is 0 Å². The SMILES string of the molecule is CC(C1CCC(Cn2c(Nc3ccc(F)cc3F)nc3cnc(NC4CCC(C5CN5)CC4)nc32)CC1)N1CCN(C)CC1. The molecular weight excluding hydrogens is 560 g/mol. The number of imidazole rings is 1. The molecule has 4 heterocycles. The van der Waals surface area contributed by atoms with E-state index >= 15 is 0 Å². The molecule has 4 fully saturated rings. The Morgan fingerprint density at radius 3 is 2.43 bits per heavy atom. The van der Waals surface area contributed by atoms with E-state index < -0.39 is 11.6 Å². The van der Waals surface area contributed by atoms with Crippen LogP contribution in [0.15, 0.2) is 24.4 Å². The zero-order valence-corrected chi connectivity index (χ0v) is 26.1. The number of halogens is 2. The molecule has 2 saturated carbocycles. The smallest absolute Gasteiger partial charge is 0.224 e. The summed E-state index contributed by atoms with van der Waals surface area (Å²) in [4.78, 5) is 19.5. The lowest BCUT2D eigenvalue weighted by Gasteiger charge is -2.42. The molecular formula is C33H47F2N9. The van der Waals surface area contributed by atoms with Crippen molar-refractivity contribution in [2.45, 2.75) is 83.0 Å². The third-order valence-corrected chi connectivity index (χ3v) is 10.9. The number of aromatic nitrogens is 4. The maximum Gasteiger partial charge on any atom is 0.224 e. The predicted molar refractivity (Wildman–Crippen MR) is 170 cm³/mol. The van der Waals surface area contributed by atoms with Crippen LogP contribution >= 0.6 is 0 Å². The van der Waals surface area contributed by atoms with Gasteiger partial charge >= 0.3 is 0 Å². The maximum absolute atomic E-state index is 14.7. The van der Waals surface area contributed by atoms with E-state index in [-0.39, 0.29) is 5.69 Å². The number of hydrogen-bond donors (Lipinski definition) is 3. The van der Waals surface area contributed by atoms with E-state index in [1.807, 2.05) is 0 Å². The van der Waals surface area contributed by atoms with Gasteiger partial charge in [-0.05, 0) is 95.2 Å². The van der Waals surface area contributed by atoms with Gasteiger partial charge in [-0.15, -0.1) is 0 Å². The third-order valence-electron chi connectivity index (χ3n) is 10.9. The largest absolute Gasteiger partial charge is 0.351 e. The molecule has 2 atom stereocenters. The number of fused-ring (bicyclic) bond motifs is 1. The Morgan fingerprint density at radius 1 is 0.977 bits per heavy atom. The topological polar surface area (TPSA) is 96.1 Å². The first-order valence-electron chi connectivity index (χ1n) is 16.8. The van der Waals surface area contributed by atoms with Gasteiger partial charge in [0, 0.05) is 63.5 Å². The van der Waals surface area contributed by atoms with Gasteiger partial charge in [-0.2, -0.15) is 4.98 Å². The Hall–Kier alpha value is -2.89. The summed E-state index contributed by atoms with van der Waals surface area (Å²) >= 11 is 0. The Kier molecular flexibility index (Phi) is 8.70.